The van der Waals surface area contributed by atoms with Gasteiger partial charge in [-0.15, -0.1) is 0 Å². The van der Waals surface area contributed by atoms with E-state index in [-0.39, 0.29) is 21.8 Å². The maximum atomic E-state index is 12.6. The molecule has 7 rings (SSSR count). The fraction of sp³-hybridized carbons (Fsp3) is 0.420. The lowest BCUT2D eigenvalue weighted by Crippen LogP contribution is -2.40. The Morgan fingerprint density at radius 3 is 2.28 bits per heavy atom. The van der Waals surface area contributed by atoms with E-state index in [0.717, 1.165) is 61.7 Å². The van der Waals surface area contributed by atoms with E-state index in [1.54, 1.807) is 6.07 Å². The van der Waals surface area contributed by atoms with Crippen LogP contribution in [0, 0.1) is 20.8 Å². The van der Waals surface area contributed by atoms with Crippen LogP contribution in [0.1, 0.15) is 114 Å². The number of likely N-dealkylation sites (N-methyl/N-ethyl adjacent to an activating group) is 1. The summed E-state index contributed by atoms with van der Waals surface area (Å²) in [5, 5.41) is 3.97. The van der Waals surface area contributed by atoms with Gasteiger partial charge in [-0.05, 0) is 139 Å². The van der Waals surface area contributed by atoms with Crippen molar-refractivity contribution >= 4 is 48.8 Å². The van der Waals surface area contributed by atoms with Crippen molar-refractivity contribution in [3.63, 3.8) is 0 Å². The summed E-state index contributed by atoms with van der Waals surface area (Å²) in [6, 6.07) is 17.0. The van der Waals surface area contributed by atoms with Gasteiger partial charge in [0.1, 0.15) is 10.7 Å². The highest BCUT2D eigenvalue weighted by Gasteiger charge is 2.43. The van der Waals surface area contributed by atoms with Gasteiger partial charge >= 0.3 is 0 Å². The highest BCUT2D eigenvalue weighted by Crippen LogP contribution is 2.50. The van der Waals surface area contributed by atoms with E-state index in [9.17, 15) is 17.8 Å². The molecule has 300 valence electrons. The molecule has 1 N–H and O–H groups in total. The van der Waals surface area contributed by atoms with Gasteiger partial charge in [-0.2, -0.15) is 8.42 Å². The van der Waals surface area contributed by atoms with Crippen molar-refractivity contribution in [2.45, 2.75) is 129 Å². The summed E-state index contributed by atoms with van der Waals surface area (Å²) in [6.07, 6.45) is 18.8. The fourth-order valence-corrected chi connectivity index (χ4v) is 10.6. The Balaban J connectivity index is 1.20. The number of hydrogen-bond donors (Lipinski definition) is 1. The van der Waals surface area contributed by atoms with E-state index >= 15 is 0 Å². The van der Waals surface area contributed by atoms with Crippen molar-refractivity contribution < 1.29 is 17.8 Å². The molecule has 0 aromatic heterocycles. The van der Waals surface area contributed by atoms with Crippen molar-refractivity contribution in [2.24, 2.45) is 0 Å². The van der Waals surface area contributed by atoms with Crippen molar-refractivity contribution in [3.8, 4) is 0 Å². The number of unbranched alkanes of at least 4 members (excludes halogenated alkanes) is 2. The van der Waals surface area contributed by atoms with Gasteiger partial charge in [0.2, 0.25) is 0 Å². The van der Waals surface area contributed by atoms with Gasteiger partial charge in [0.15, 0.2) is 0 Å². The van der Waals surface area contributed by atoms with Crippen LogP contribution >= 0.6 is 0 Å². The van der Waals surface area contributed by atoms with Gasteiger partial charge in [-0.1, -0.05) is 89.1 Å². The zero-order valence-electron chi connectivity index (χ0n) is 35.4. The third-order valence-electron chi connectivity index (χ3n) is 13.0. The summed E-state index contributed by atoms with van der Waals surface area (Å²) in [6.45, 7) is 18.2. The second-order valence-corrected chi connectivity index (χ2v) is 19.4. The molecule has 4 aromatic carbocycles. The predicted molar refractivity (Wildman–Crippen MR) is 239 cm³/mol. The second-order valence-electron chi connectivity index (χ2n) is 18.0. The summed E-state index contributed by atoms with van der Waals surface area (Å²) in [7, 11) is -2.23. The minimum Gasteiger partial charge on any atom is -0.364 e. The number of carbonyl (C=O) groups is 1. The number of rotatable bonds is 11. The first-order valence-electron chi connectivity index (χ1n) is 20.8. The molecule has 0 fully saturated rings. The number of aryl methyl sites for hydroxylation is 3. The average molecular weight is 785 g/mol. The monoisotopic (exact) mass is 784 g/mol. The van der Waals surface area contributed by atoms with E-state index in [1.807, 2.05) is 26.0 Å². The molecular weight excluding hydrogens is 725 g/mol. The molecule has 6 nitrogen and oxygen atoms in total. The van der Waals surface area contributed by atoms with Crippen LogP contribution in [0.4, 0.5) is 11.4 Å². The molecule has 1 aliphatic carbocycles. The van der Waals surface area contributed by atoms with Crippen LogP contribution in [0.25, 0.3) is 21.5 Å². The number of Topliss-reactive ketones (excluding diaryl/α,β-unsaturated/α-hetero) is 1. The molecule has 1 unspecified atom stereocenters. The largest absolute Gasteiger partial charge is 0.364 e. The molecule has 0 radical (unpaired) electrons. The first-order chi connectivity index (χ1) is 26.9. The number of ketones is 1. The van der Waals surface area contributed by atoms with Crippen molar-refractivity contribution in [1.82, 2.24) is 0 Å². The number of anilines is 2. The Labute approximate surface area is 340 Å². The Kier molecular flexibility index (Phi) is 11.0. The third-order valence-corrected chi connectivity index (χ3v) is 13.9. The third kappa shape index (κ3) is 7.78. The molecule has 0 spiro atoms. The van der Waals surface area contributed by atoms with Gasteiger partial charge < -0.3 is 9.80 Å². The number of hydrogen-bond acceptors (Lipinski definition) is 5. The Hall–Kier alpha value is -4.46. The first kappa shape index (κ1) is 40.7. The van der Waals surface area contributed by atoms with Gasteiger partial charge in [0.05, 0.1) is 6.04 Å². The van der Waals surface area contributed by atoms with Crippen molar-refractivity contribution in [3.05, 3.63) is 124 Å². The highest BCUT2D eigenvalue weighted by atomic mass is 32.2. The predicted octanol–water partition coefficient (Wildman–Crippen LogP) is 12.1. The summed E-state index contributed by atoms with van der Waals surface area (Å²) in [5.41, 5.74) is 11.8. The topological polar surface area (TPSA) is 77.9 Å². The van der Waals surface area contributed by atoms with Gasteiger partial charge in [0.25, 0.3) is 10.1 Å². The minimum absolute atomic E-state index is 0.0311. The first-order valence-corrected chi connectivity index (χ1v) is 22.3. The number of allylic oxidation sites excluding steroid dienone is 7. The molecule has 1 atom stereocenters. The van der Waals surface area contributed by atoms with Crippen LogP contribution in [0.2, 0.25) is 0 Å². The van der Waals surface area contributed by atoms with Crippen molar-refractivity contribution in [2.75, 3.05) is 23.4 Å². The standard InChI is InChI=1S/C50H60N2O4S/c1-10-39(53)17-12-11-13-22-52-45-31-41-37(25-33(3)26-46(41)57(54,55)56)28-42(45)50(7,8)48(52)21-19-36-16-14-15-35(27-36)18-20-47-49(5,6)43-30-40-34(4)23-32(2)24-38(40)29-44(43)51(47)9/h18-21,23-31,48H,10-17,22H2,1-9H3,(H,54,55,56)/b21-19+,35-18+,47-20+. The van der Waals surface area contributed by atoms with Gasteiger partial charge in [-0.3, -0.25) is 9.35 Å². The highest BCUT2D eigenvalue weighted by molar-refractivity contribution is 7.86. The maximum absolute atomic E-state index is 12.6. The average Bonchev–Trinajstić information content (AvgIpc) is 3.46. The van der Waals surface area contributed by atoms with Crippen LogP contribution in [-0.2, 0) is 25.7 Å². The van der Waals surface area contributed by atoms with E-state index in [4.69, 9.17) is 0 Å². The Bertz CT molecular complexity index is 2520. The van der Waals surface area contributed by atoms with Gasteiger partial charge in [-0.25, -0.2) is 0 Å². The summed E-state index contributed by atoms with van der Waals surface area (Å²) >= 11 is 0. The maximum Gasteiger partial charge on any atom is 0.295 e. The molecule has 0 bridgehead atoms. The SMILES string of the molecule is CCC(=O)CCCCCN1c2cc3c(S(=O)(=O)O)cc(C)cc3cc2C(C)(C)C1/C=C/C1=CC(=C/C=C2/N(C)c3cc4cc(C)cc(C)c4cc3C2(C)C)/CCC1. The van der Waals surface area contributed by atoms with E-state index in [2.05, 4.69) is 119 Å². The molecule has 2 aliphatic heterocycles. The molecule has 3 aliphatic rings. The zero-order valence-corrected chi connectivity index (χ0v) is 36.2. The zero-order chi connectivity index (χ0) is 41.0. The molecule has 4 aromatic rings. The lowest BCUT2D eigenvalue weighted by Gasteiger charge is -2.32. The molecule has 0 saturated heterocycles. The molecule has 0 saturated carbocycles. The Morgan fingerprint density at radius 1 is 0.842 bits per heavy atom. The molecule has 7 heteroatoms. The van der Waals surface area contributed by atoms with E-state index in [1.165, 1.54) is 55.6 Å². The quantitative estimate of drug-likeness (QED) is 0.121. The van der Waals surface area contributed by atoms with Crippen LogP contribution in [0.15, 0.2) is 101 Å². The fourth-order valence-electron chi connectivity index (χ4n) is 9.84. The number of nitrogens with zero attached hydrogens (tertiary/aromatic N) is 2. The molecule has 2 heterocycles. The van der Waals surface area contributed by atoms with E-state index < -0.39 is 10.1 Å². The smallest absolute Gasteiger partial charge is 0.295 e. The summed E-state index contributed by atoms with van der Waals surface area (Å²) in [5.74, 6) is 0.302. The summed E-state index contributed by atoms with van der Waals surface area (Å²) < 4.78 is 35.4. The Morgan fingerprint density at radius 2 is 1.56 bits per heavy atom. The van der Waals surface area contributed by atoms with Crippen LogP contribution < -0.4 is 9.80 Å². The molecule has 0 amide bonds. The number of fused-ring (bicyclic) bond motifs is 4. The van der Waals surface area contributed by atoms with Gasteiger partial charge in [0, 0.05) is 59.7 Å². The number of carbonyl (C=O) groups excluding carboxylic acids is 1. The number of benzene rings is 4. The molecular formula is C50H60N2O4S. The van der Waals surface area contributed by atoms with Crippen LogP contribution in [0.3, 0.4) is 0 Å². The van der Waals surface area contributed by atoms with E-state index in [0.29, 0.717) is 24.0 Å². The minimum atomic E-state index is -4.42. The van der Waals surface area contributed by atoms with Crippen LogP contribution in [0.5, 0.6) is 0 Å². The lowest BCUT2D eigenvalue weighted by atomic mass is 9.79. The molecule has 57 heavy (non-hydrogen) atoms. The second kappa shape index (κ2) is 15.4. The summed E-state index contributed by atoms with van der Waals surface area (Å²) in [4.78, 5) is 16.8. The normalized spacial score (nSPS) is 20.3. The van der Waals surface area contributed by atoms with Crippen molar-refractivity contribution in [1.29, 1.82) is 0 Å². The lowest BCUT2D eigenvalue weighted by molar-refractivity contribution is -0.118. The van der Waals surface area contributed by atoms with Crippen LogP contribution in [-0.4, -0.2) is 38.4 Å².